The van der Waals surface area contributed by atoms with E-state index in [1.807, 2.05) is 0 Å². The maximum absolute atomic E-state index is 10.6. The molecule has 0 aromatic rings. The Morgan fingerprint density at radius 3 is 2.17 bits per heavy atom. The van der Waals surface area contributed by atoms with Crippen molar-refractivity contribution in [2.45, 2.75) is 104 Å². The summed E-state index contributed by atoms with van der Waals surface area (Å²) in [7, 11) is 0. The number of hydrogen-bond acceptors (Lipinski definition) is 2. The molecule has 0 spiro atoms. The molecule has 0 radical (unpaired) electrons. The minimum atomic E-state index is -0.104. The highest BCUT2D eigenvalue weighted by Crippen LogP contribution is 2.43. The van der Waals surface area contributed by atoms with E-state index in [1.165, 1.54) is 51.4 Å². The highest BCUT2D eigenvalue weighted by atomic mass is 16.3. The summed E-state index contributed by atoms with van der Waals surface area (Å²) in [4.78, 5) is 0. The van der Waals surface area contributed by atoms with Crippen LogP contribution in [0.25, 0.3) is 0 Å². The highest BCUT2D eigenvalue weighted by molar-refractivity contribution is 4.87. The van der Waals surface area contributed by atoms with E-state index in [0.29, 0.717) is 17.8 Å². The predicted octanol–water partition coefficient (Wildman–Crippen LogP) is 5.17. The lowest BCUT2D eigenvalue weighted by molar-refractivity contribution is 0.0523. The normalized spacial score (nSPS) is 29.3. The van der Waals surface area contributed by atoms with Crippen molar-refractivity contribution in [2.75, 3.05) is 0 Å². The number of rotatable bonds is 8. The molecular weight excluding hydrogens is 284 g/mol. The lowest BCUT2D eigenvalue weighted by Crippen LogP contribution is -2.28. The molecule has 2 aliphatic rings. The standard InChI is InChI=1S/C21H40O2/c1-15(2)11-19(22)18-10-9-16(12-18)13-21(3,4)14-20(23)17-7-5-6-8-17/h15-20,22-23H,5-14H2,1-4H3/t16?,18?,19-,20+/m1/s1. The van der Waals surface area contributed by atoms with Crippen LogP contribution in [0.2, 0.25) is 0 Å². The summed E-state index contributed by atoms with van der Waals surface area (Å²) in [5.41, 5.74) is 0.227. The molecule has 0 amide bonds. The van der Waals surface area contributed by atoms with Crippen LogP contribution in [0.4, 0.5) is 0 Å². The predicted molar refractivity (Wildman–Crippen MR) is 97.3 cm³/mol. The Balaban J connectivity index is 1.77. The quantitative estimate of drug-likeness (QED) is 0.647. The Morgan fingerprint density at radius 1 is 0.913 bits per heavy atom. The zero-order valence-corrected chi connectivity index (χ0v) is 15.9. The lowest BCUT2D eigenvalue weighted by Gasteiger charge is -2.32. The molecule has 0 aliphatic heterocycles. The van der Waals surface area contributed by atoms with Crippen LogP contribution in [0.3, 0.4) is 0 Å². The smallest absolute Gasteiger partial charge is 0.0573 e. The van der Waals surface area contributed by atoms with E-state index in [9.17, 15) is 10.2 Å². The molecule has 0 heterocycles. The van der Waals surface area contributed by atoms with E-state index in [-0.39, 0.29) is 17.6 Å². The fourth-order valence-corrected chi connectivity index (χ4v) is 5.26. The van der Waals surface area contributed by atoms with Crippen LogP contribution in [0, 0.1) is 29.1 Å². The van der Waals surface area contributed by atoms with Gasteiger partial charge in [0, 0.05) is 0 Å². The molecule has 2 unspecified atom stereocenters. The number of aliphatic hydroxyl groups excluding tert-OH is 2. The van der Waals surface area contributed by atoms with Gasteiger partial charge in [0.25, 0.3) is 0 Å². The third kappa shape index (κ3) is 6.05. The first-order valence-corrected chi connectivity index (χ1v) is 10.1. The van der Waals surface area contributed by atoms with Crippen LogP contribution in [0.1, 0.15) is 91.9 Å². The third-order valence-electron chi connectivity index (χ3n) is 6.39. The monoisotopic (exact) mass is 324 g/mol. The zero-order valence-electron chi connectivity index (χ0n) is 15.9. The number of aliphatic hydroxyl groups is 2. The Kier molecular flexibility index (Phi) is 6.98. The van der Waals surface area contributed by atoms with Gasteiger partial charge in [-0.25, -0.2) is 0 Å². The van der Waals surface area contributed by atoms with E-state index in [4.69, 9.17) is 0 Å². The summed E-state index contributed by atoms with van der Waals surface area (Å²) in [5.74, 6) is 2.39. The van der Waals surface area contributed by atoms with E-state index in [2.05, 4.69) is 27.7 Å². The van der Waals surface area contributed by atoms with Gasteiger partial charge in [0.05, 0.1) is 12.2 Å². The topological polar surface area (TPSA) is 40.5 Å². The van der Waals surface area contributed by atoms with Crippen molar-refractivity contribution in [3.63, 3.8) is 0 Å². The highest BCUT2D eigenvalue weighted by Gasteiger charge is 2.35. The average molecular weight is 325 g/mol. The van der Waals surface area contributed by atoms with Gasteiger partial charge in [0.2, 0.25) is 0 Å². The van der Waals surface area contributed by atoms with Gasteiger partial charge in [0.15, 0.2) is 0 Å². The van der Waals surface area contributed by atoms with Gasteiger partial charge >= 0.3 is 0 Å². The Hall–Kier alpha value is -0.0800. The molecule has 0 bridgehead atoms. The molecule has 0 aromatic carbocycles. The first-order valence-electron chi connectivity index (χ1n) is 10.1. The first-order chi connectivity index (χ1) is 10.8. The minimum Gasteiger partial charge on any atom is -0.393 e. The van der Waals surface area contributed by atoms with E-state index in [1.54, 1.807) is 0 Å². The number of hydrogen-bond donors (Lipinski definition) is 2. The molecular formula is C21H40O2. The van der Waals surface area contributed by atoms with Crippen LogP contribution in [-0.4, -0.2) is 22.4 Å². The largest absolute Gasteiger partial charge is 0.393 e. The molecule has 136 valence electrons. The Bertz CT molecular complexity index is 344. The Morgan fingerprint density at radius 2 is 1.57 bits per heavy atom. The van der Waals surface area contributed by atoms with Crippen LogP contribution in [0.15, 0.2) is 0 Å². The van der Waals surface area contributed by atoms with Crippen molar-refractivity contribution in [3.8, 4) is 0 Å². The van der Waals surface area contributed by atoms with Crippen molar-refractivity contribution < 1.29 is 10.2 Å². The van der Waals surface area contributed by atoms with Crippen molar-refractivity contribution in [2.24, 2.45) is 29.1 Å². The van der Waals surface area contributed by atoms with E-state index in [0.717, 1.165) is 18.8 Å². The molecule has 23 heavy (non-hydrogen) atoms. The first kappa shape index (κ1) is 19.2. The van der Waals surface area contributed by atoms with Gasteiger partial charge in [-0.1, -0.05) is 47.0 Å². The second kappa shape index (κ2) is 8.34. The summed E-state index contributed by atoms with van der Waals surface area (Å²) in [5, 5.41) is 20.9. The van der Waals surface area contributed by atoms with Gasteiger partial charge in [-0.2, -0.15) is 0 Å². The molecule has 0 aromatic heterocycles. The van der Waals surface area contributed by atoms with Gasteiger partial charge in [-0.3, -0.25) is 0 Å². The van der Waals surface area contributed by atoms with Crippen LogP contribution >= 0.6 is 0 Å². The molecule has 2 aliphatic carbocycles. The Labute approximate surface area is 144 Å². The van der Waals surface area contributed by atoms with Gasteiger partial charge < -0.3 is 10.2 Å². The lowest BCUT2D eigenvalue weighted by atomic mass is 9.75. The van der Waals surface area contributed by atoms with Gasteiger partial charge in [-0.05, 0) is 74.0 Å². The van der Waals surface area contributed by atoms with Gasteiger partial charge in [-0.15, -0.1) is 0 Å². The molecule has 0 saturated heterocycles. The molecule has 2 heteroatoms. The van der Waals surface area contributed by atoms with Crippen molar-refractivity contribution in [1.29, 1.82) is 0 Å². The van der Waals surface area contributed by atoms with Crippen molar-refractivity contribution in [3.05, 3.63) is 0 Å². The molecule has 2 fully saturated rings. The maximum Gasteiger partial charge on any atom is 0.0573 e. The van der Waals surface area contributed by atoms with Crippen molar-refractivity contribution >= 4 is 0 Å². The maximum atomic E-state index is 10.6. The average Bonchev–Trinajstić information content (AvgIpc) is 3.06. The van der Waals surface area contributed by atoms with Crippen LogP contribution in [0.5, 0.6) is 0 Å². The summed E-state index contributed by atoms with van der Waals surface area (Å²) >= 11 is 0. The third-order valence-corrected chi connectivity index (χ3v) is 6.39. The van der Waals surface area contributed by atoms with Crippen LogP contribution < -0.4 is 0 Å². The van der Waals surface area contributed by atoms with Gasteiger partial charge in [0.1, 0.15) is 0 Å². The fraction of sp³-hybridized carbons (Fsp3) is 1.00. The minimum absolute atomic E-state index is 0.101. The second-order valence-electron chi connectivity index (χ2n) is 9.82. The summed E-state index contributed by atoms with van der Waals surface area (Å²) in [6, 6.07) is 0. The van der Waals surface area contributed by atoms with E-state index < -0.39 is 0 Å². The second-order valence-corrected chi connectivity index (χ2v) is 9.82. The molecule has 4 atom stereocenters. The molecule has 2 rings (SSSR count). The fourth-order valence-electron chi connectivity index (χ4n) is 5.26. The van der Waals surface area contributed by atoms with Crippen molar-refractivity contribution in [1.82, 2.24) is 0 Å². The molecule has 2 N–H and O–H groups in total. The SMILES string of the molecule is CC(C)C[C@@H](O)C1CCC(CC(C)(C)C[C@H](O)C2CCCC2)C1. The van der Waals surface area contributed by atoms with Crippen LogP contribution in [-0.2, 0) is 0 Å². The molecule has 2 nitrogen and oxygen atoms in total. The van der Waals surface area contributed by atoms with E-state index >= 15 is 0 Å². The summed E-state index contributed by atoms with van der Waals surface area (Å²) < 4.78 is 0. The zero-order chi connectivity index (χ0) is 17.0. The summed E-state index contributed by atoms with van der Waals surface area (Å²) in [6.45, 7) is 9.07. The summed E-state index contributed by atoms with van der Waals surface area (Å²) in [6.07, 6.45) is 11.6. The molecule has 2 saturated carbocycles.